The zero-order valence-corrected chi connectivity index (χ0v) is 21.9. The number of nitrogens with zero attached hydrogens (tertiary/aromatic N) is 3. The van der Waals surface area contributed by atoms with Crippen molar-refractivity contribution in [2.24, 2.45) is 10.9 Å². The molecule has 36 heavy (non-hydrogen) atoms. The maximum atomic E-state index is 12.6. The molecule has 3 heterocycles. The molecule has 0 aliphatic heterocycles. The highest BCUT2D eigenvalue weighted by atomic mass is 35.5. The summed E-state index contributed by atoms with van der Waals surface area (Å²) in [6.07, 6.45) is 3.24. The molecule has 0 bridgehead atoms. The Balaban J connectivity index is 1.42. The smallest absolute Gasteiger partial charge is 0.281 e. The van der Waals surface area contributed by atoms with E-state index in [2.05, 4.69) is 15.5 Å². The van der Waals surface area contributed by atoms with Crippen molar-refractivity contribution in [1.29, 1.82) is 0 Å². The van der Waals surface area contributed by atoms with Crippen molar-refractivity contribution >= 4 is 63.4 Å². The van der Waals surface area contributed by atoms with Crippen LogP contribution in [0.3, 0.4) is 0 Å². The largest absolute Gasteiger partial charge is 0.506 e. The van der Waals surface area contributed by atoms with Crippen molar-refractivity contribution in [3.63, 3.8) is 0 Å². The number of amides is 2. The summed E-state index contributed by atoms with van der Waals surface area (Å²) in [4.78, 5) is 30.4. The molecule has 184 valence electrons. The third-order valence-electron chi connectivity index (χ3n) is 5.07. The third kappa shape index (κ3) is 5.75. The van der Waals surface area contributed by atoms with Gasteiger partial charge in [0.15, 0.2) is 0 Å². The van der Waals surface area contributed by atoms with Gasteiger partial charge in [-0.2, -0.15) is 5.10 Å². The molecular weight excluding hydrogens is 541 g/mol. The number of nitrogens with two attached hydrogens (primary N) is 1. The first kappa shape index (κ1) is 25.8. The Kier molecular flexibility index (Phi) is 8.02. The zero-order chi connectivity index (χ0) is 25.8. The Hall–Kier alpha value is -3.28. The lowest BCUT2D eigenvalue weighted by molar-refractivity contribution is 0.0748. The van der Waals surface area contributed by atoms with Crippen LogP contribution in [0, 0.1) is 0 Å². The van der Waals surface area contributed by atoms with E-state index >= 15 is 0 Å². The number of aromatic hydroxyl groups is 1. The van der Waals surface area contributed by atoms with Crippen LogP contribution in [0.2, 0.25) is 10.0 Å². The van der Waals surface area contributed by atoms with Gasteiger partial charge in [-0.3, -0.25) is 19.6 Å². The van der Waals surface area contributed by atoms with Crippen molar-refractivity contribution in [3.05, 3.63) is 91.2 Å². The lowest BCUT2D eigenvalue weighted by atomic mass is 10.1. The molecule has 0 unspecified atom stereocenters. The average Bonchev–Trinajstić information content (AvgIpc) is 3.51. The molecule has 4 N–H and O–H groups in total. The molecule has 4 rings (SSSR count). The molecule has 0 saturated carbocycles. The Morgan fingerprint density at radius 1 is 1.11 bits per heavy atom. The minimum absolute atomic E-state index is 0.0233. The normalized spacial score (nSPS) is 11.4. The van der Waals surface area contributed by atoms with E-state index in [-0.39, 0.29) is 12.3 Å². The minimum Gasteiger partial charge on any atom is -0.506 e. The lowest BCUT2D eigenvalue weighted by Gasteiger charge is -2.15. The molecule has 0 aliphatic carbocycles. The van der Waals surface area contributed by atoms with Crippen LogP contribution in [-0.4, -0.2) is 32.6 Å². The van der Waals surface area contributed by atoms with E-state index in [1.165, 1.54) is 17.4 Å². The van der Waals surface area contributed by atoms with Crippen molar-refractivity contribution in [2.75, 3.05) is 0 Å². The average molecular weight is 560 g/mol. The fourth-order valence-electron chi connectivity index (χ4n) is 3.17. The quantitative estimate of drug-likeness (QED) is 0.118. The number of hydrazone groups is 1. The van der Waals surface area contributed by atoms with Crippen LogP contribution in [0.15, 0.2) is 65.3 Å². The molecular formula is C24H19Cl2N5O3S2. The van der Waals surface area contributed by atoms with Crippen molar-refractivity contribution < 1.29 is 14.7 Å². The number of carbonyl (C=O) groups is 2. The van der Waals surface area contributed by atoms with Crippen LogP contribution < -0.4 is 11.3 Å². The second-order valence-corrected chi connectivity index (χ2v) is 10.3. The van der Waals surface area contributed by atoms with E-state index in [4.69, 9.17) is 29.0 Å². The van der Waals surface area contributed by atoms with Gasteiger partial charge in [-0.15, -0.1) is 22.7 Å². The van der Waals surface area contributed by atoms with E-state index < -0.39 is 11.8 Å². The van der Waals surface area contributed by atoms with Crippen LogP contribution in [0.5, 0.6) is 5.75 Å². The molecule has 12 heteroatoms. The first-order valence-corrected chi connectivity index (χ1v) is 12.9. The topological polar surface area (TPSA) is 121 Å². The summed E-state index contributed by atoms with van der Waals surface area (Å²) in [6, 6.07) is 11.7. The predicted molar refractivity (Wildman–Crippen MR) is 144 cm³/mol. The first-order valence-electron chi connectivity index (χ1n) is 10.4. The number of halogens is 2. The summed E-state index contributed by atoms with van der Waals surface area (Å²) >= 11 is 14.4. The Morgan fingerprint density at radius 3 is 2.56 bits per heavy atom. The summed E-state index contributed by atoms with van der Waals surface area (Å²) in [6.45, 7) is 1.87. The highest BCUT2D eigenvalue weighted by Gasteiger charge is 2.19. The molecule has 4 aromatic rings. The van der Waals surface area contributed by atoms with Gasteiger partial charge < -0.3 is 5.11 Å². The molecule has 0 fully saturated rings. The van der Waals surface area contributed by atoms with E-state index in [1.54, 1.807) is 61.1 Å². The Morgan fingerprint density at radius 2 is 1.83 bits per heavy atom. The number of pyridine rings is 1. The third-order valence-corrected chi connectivity index (χ3v) is 7.89. The van der Waals surface area contributed by atoms with Gasteiger partial charge in [0.1, 0.15) is 5.75 Å². The van der Waals surface area contributed by atoms with Crippen molar-refractivity contribution in [3.8, 4) is 16.2 Å². The predicted octanol–water partition coefficient (Wildman–Crippen LogP) is 5.55. The monoisotopic (exact) mass is 559 g/mol. The maximum Gasteiger partial charge on any atom is 0.281 e. The highest BCUT2D eigenvalue weighted by Crippen LogP contribution is 2.40. The van der Waals surface area contributed by atoms with Crippen LogP contribution in [-0.2, 0) is 6.54 Å². The van der Waals surface area contributed by atoms with Crippen LogP contribution in [0.25, 0.3) is 10.4 Å². The van der Waals surface area contributed by atoms with Gasteiger partial charge in [0.05, 0.1) is 42.5 Å². The molecule has 0 atom stereocenters. The molecule has 0 aliphatic rings. The molecule has 0 saturated heterocycles. The SMILES string of the molecule is C/C(=N\NC(=O)c1ccc(C(=O)N(N)Cc2ccncc2)s1)c1csc(-c2ccc(Cl)c(Cl)c2)c1O. The maximum absolute atomic E-state index is 12.6. The van der Waals surface area contributed by atoms with E-state index in [0.29, 0.717) is 41.5 Å². The van der Waals surface area contributed by atoms with Gasteiger partial charge in [0.25, 0.3) is 11.8 Å². The lowest BCUT2D eigenvalue weighted by Crippen LogP contribution is -2.36. The molecule has 1 aromatic carbocycles. The fourth-order valence-corrected chi connectivity index (χ4v) is 5.33. The summed E-state index contributed by atoms with van der Waals surface area (Å²) in [7, 11) is 0. The molecule has 2 amide bonds. The second kappa shape index (κ2) is 11.2. The van der Waals surface area contributed by atoms with Crippen LogP contribution in [0.4, 0.5) is 0 Å². The van der Waals surface area contributed by atoms with Gasteiger partial charge >= 0.3 is 0 Å². The minimum atomic E-state index is -0.490. The number of hydrazine groups is 1. The standard InChI is InChI=1S/C24H19Cl2N5O3S2/c1-13(16-12-35-22(21(16)32)15-2-3-17(25)18(26)10-15)29-30-23(33)19-4-5-20(36-19)24(34)31(27)11-14-6-8-28-9-7-14/h2-10,12,32H,11,27H2,1H3,(H,30,33)/b29-13+. The number of aromatic nitrogens is 1. The van der Waals surface area contributed by atoms with E-state index in [9.17, 15) is 14.7 Å². The molecule has 0 spiro atoms. The first-order chi connectivity index (χ1) is 17.2. The number of thiophene rings is 2. The number of hydrogen-bond acceptors (Lipinski definition) is 8. The Labute approximate surface area is 224 Å². The number of carbonyl (C=O) groups excluding carboxylic acids is 2. The number of nitrogens with one attached hydrogen (secondary N) is 1. The second-order valence-electron chi connectivity index (χ2n) is 7.55. The van der Waals surface area contributed by atoms with Gasteiger partial charge in [-0.1, -0.05) is 29.3 Å². The van der Waals surface area contributed by atoms with Gasteiger partial charge in [-0.05, 0) is 54.4 Å². The van der Waals surface area contributed by atoms with Crippen molar-refractivity contribution in [1.82, 2.24) is 15.4 Å². The summed E-state index contributed by atoms with van der Waals surface area (Å²) in [5.41, 5.74) is 4.88. The number of benzene rings is 1. The van der Waals surface area contributed by atoms with E-state index in [0.717, 1.165) is 21.9 Å². The number of rotatable bonds is 7. The molecule has 8 nitrogen and oxygen atoms in total. The molecule has 3 aromatic heterocycles. The zero-order valence-electron chi connectivity index (χ0n) is 18.7. The highest BCUT2D eigenvalue weighted by molar-refractivity contribution is 7.16. The van der Waals surface area contributed by atoms with E-state index in [1.807, 2.05) is 0 Å². The summed E-state index contributed by atoms with van der Waals surface area (Å²) in [5.74, 6) is 5.04. The van der Waals surface area contributed by atoms with Crippen LogP contribution in [0.1, 0.15) is 37.4 Å². The summed E-state index contributed by atoms with van der Waals surface area (Å²) in [5, 5.41) is 18.4. The van der Waals surface area contributed by atoms with Gasteiger partial charge in [-0.25, -0.2) is 11.3 Å². The van der Waals surface area contributed by atoms with Crippen LogP contribution >= 0.6 is 45.9 Å². The fraction of sp³-hybridized carbons (Fsp3) is 0.0833. The molecule has 0 radical (unpaired) electrons. The van der Waals surface area contributed by atoms with Gasteiger partial charge in [0, 0.05) is 17.8 Å². The van der Waals surface area contributed by atoms with Gasteiger partial charge in [0.2, 0.25) is 0 Å². The Bertz CT molecular complexity index is 1450. The summed E-state index contributed by atoms with van der Waals surface area (Å²) < 4.78 is 0. The van der Waals surface area contributed by atoms with Crippen molar-refractivity contribution in [2.45, 2.75) is 13.5 Å². The number of hydrogen-bond donors (Lipinski definition) is 3.